The van der Waals surface area contributed by atoms with Crippen molar-refractivity contribution in [3.8, 4) is 0 Å². The lowest BCUT2D eigenvalue weighted by molar-refractivity contribution is 0.754. The predicted molar refractivity (Wildman–Crippen MR) is 154 cm³/mol. The number of hydrazone groups is 1. The first-order valence-electron chi connectivity index (χ1n) is 12.3. The number of nitrogens with one attached hydrogen (secondary N) is 1. The molecular formula is C32H27N5. The van der Waals surface area contributed by atoms with E-state index in [9.17, 15) is 0 Å². The van der Waals surface area contributed by atoms with Gasteiger partial charge in [0.1, 0.15) is 17.6 Å². The first-order chi connectivity index (χ1) is 18.2. The number of para-hydroxylation sites is 2. The van der Waals surface area contributed by atoms with Gasteiger partial charge in [-0.25, -0.2) is 0 Å². The van der Waals surface area contributed by atoms with Gasteiger partial charge in [0, 0.05) is 17.4 Å². The fraction of sp³-hybridized carbons (Fsp3) is 0.0625. The lowest BCUT2D eigenvalue weighted by atomic mass is 10.1. The molecule has 0 radical (unpaired) electrons. The molecule has 4 aromatic rings. The van der Waals surface area contributed by atoms with Gasteiger partial charge in [-0.15, -0.1) is 0 Å². The van der Waals surface area contributed by atoms with E-state index in [-0.39, 0.29) is 6.17 Å². The van der Waals surface area contributed by atoms with Crippen molar-refractivity contribution in [3.63, 3.8) is 0 Å². The molecule has 0 saturated carbocycles. The first kappa shape index (κ1) is 22.6. The van der Waals surface area contributed by atoms with Crippen molar-refractivity contribution in [1.82, 2.24) is 10.3 Å². The number of hydrogen-bond donors (Lipinski definition) is 1. The molecular weight excluding hydrogens is 454 g/mol. The van der Waals surface area contributed by atoms with Crippen LogP contribution in [0, 0.1) is 0 Å². The molecule has 2 aliphatic rings. The molecule has 180 valence electrons. The minimum absolute atomic E-state index is 0.234. The maximum atomic E-state index is 5.28. The Morgan fingerprint density at radius 1 is 0.865 bits per heavy atom. The van der Waals surface area contributed by atoms with Crippen LogP contribution in [0.25, 0.3) is 11.3 Å². The van der Waals surface area contributed by atoms with Crippen molar-refractivity contribution in [3.05, 3.63) is 145 Å². The smallest absolute Gasteiger partial charge is 0.150 e. The molecule has 6 rings (SSSR count). The van der Waals surface area contributed by atoms with Crippen LogP contribution in [0.3, 0.4) is 0 Å². The molecule has 5 nitrogen and oxygen atoms in total. The molecule has 37 heavy (non-hydrogen) atoms. The lowest BCUT2D eigenvalue weighted by Gasteiger charge is -2.33. The fourth-order valence-corrected chi connectivity index (χ4v) is 4.96. The van der Waals surface area contributed by atoms with Crippen LogP contribution in [-0.4, -0.2) is 23.4 Å². The van der Waals surface area contributed by atoms with Crippen LogP contribution in [-0.2, 0) is 0 Å². The molecule has 1 aromatic heterocycles. The molecule has 0 fully saturated rings. The molecule has 0 saturated heterocycles. The zero-order valence-electron chi connectivity index (χ0n) is 20.5. The van der Waals surface area contributed by atoms with Gasteiger partial charge in [-0.2, -0.15) is 5.10 Å². The molecule has 3 heterocycles. The number of nitrogens with zero attached hydrogens (tertiary/aromatic N) is 4. The number of benzene rings is 3. The fourth-order valence-electron chi connectivity index (χ4n) is 4.96. The molecule has 0 spiro atoms. The standard InChI is InChI=1S/C32H27N5/c1-3-24(25-13-6-4-7-14-25)20-22-36-29-19-12-21-33-30(29)23(2)34-32-31(35-36)27-17-10-11-18-28(27)37(32)26-15-8-5-9-16-26/h3-21,32,34H,1-2,22H2/b24-20+,35-31-. The Morgan fingerprint density at radius 3 is 2.35 bits per heavy atom. The Hall–Kier alpha value is -4.90. The van der Waals surface area contributed by atoms with Gasteiger partial charge in [0.2, 0.25) is 0 Å². The van der Waals surface area contributed by atoms with E-state index in [0.29, 0.717) is 6.54 Å². The Labute approximate surface area is 217 Å². The summed E-state index contributed by atoms with van der Waals surface area (Å²) in [6.07, 6.45) is 5.61. The molecule has 1 atom stereocenters. The lowest BCUT2D eigenvalue weighted by Crippen LogP contribution is -2.46. The van der Waals surface area contributed by atoms with Crippen molar-refractivity contribution in [2.75, 3.05) is 16.5 Å². The second-order valence-electron chi connectivity index (χ2n) is 8.92. The van der Waals surface area contributed by atoms with Gasteiger partial charge in [-0.1, -0.05) is 92.0 Å². The van der Waals surface area contributed by atoms with Gasteiger partial charge in [-0.05, 0) is 41.5 Å². The number of anilines is 3. The number of fused-ring (bicyclic) bond motifs is 4. The highest BCUT2D eigenvalue weighted by Crippen LogP contribution is 2.40. The van der Waals surface area contributed by atoms with Gasteiger partial charge in [-0.3, -0.25) is 9.99 Å². The maximum absolute atomic E-state index is 5.28. The summed E-state index contributed by atoms with van der Waals surface area (Å²) in [5.41, 5.74) is 8.81. The van der Waals surface area contributed by atoms with Crippen LogP contribution in [0.5, 0.6) is 0 Å². The number of aromatic nitrogens is 1. The number of pyridine rings is 1. The third-order valence-corrected chi connectivity index (χ3v) is 6.69. The van der Waals surface area contributed by atoms with E-state index in [4.69, 9.17) is 5.10 Å². The normalized spacial score (nSPS) is 17.9. The Balaban J connectivity index is 1.50. The Bertz CT molecular complexity index is 1520. The molecule has 1 N–H and O–H groups in total. The summed E-state index contributed by atoms with van der Waals surface area (Å²) in [6, 6.07) is 33.0. The van der Waals surface area contributed by atoms with Gasteiger partial charge < -0.3 is 10.2 Å². The monoisotopic (exact) mass is 481 g/mol. The quantitative estimate of drug-likeness (QED) is 0.326. The molecule has 0 bridgehead atoms. The average molecular weight is 482 g/mol. The van der Waals surface area contributed by atoms with Crippen molar-refractivity contribution in [1.29, 1.82) is 0 Å². The highest BCUT2D eigenvalue weighted by atomic mass is 15.5. The predicted octanol–water partition coefficient (Wildman–Crippen LogP) is 6.61. The third kappa shape index (κ3) is 4.10. The average Bonchev–Trinajstić information content (AvgIpc) is 3.25. The maximum Gasteiger partial charge on any atom is 0.150 e. The van der Waals surface area contributed by atoms with Crippen LogP contribution in [0.15, 0.2) is 134 Å². The van der Waals surface area contributed by atoms with Crippen LogP contribution in [0.4, 0.5) is 17.1 Å². The highest BCUT2D eigenvalue weighted by molar-refractivity contribution is 6.16. The summed E-state index contributed by atoms with van der Waals surface area (Å²) in [5.74, 6) is 0. The molecule has 2 aliphatic heterocycles. The zero-order chi connectivity index (χ0) is 25.2. The summed E-state index contributed by atoms with van der Waals surface area (Å²) in [5, 5.41) is 10.9. The number of rotatable bonds is 5. The molecule has 3 aromatic carbocycles. The summed E-state index contributed by atoms with van der Waals surface area (Å²) < 4.78 is 0. The van der Waals surface area contributed by atoms with E-state index in [1.807, 2.05) is 47.5 Å². The van der Waals surface area contributed by atoms with Gasteiger partial charge >= 0.3 is 0 Å². The first-order valence-corrected chi connectivity index (χ1v) is 12.3. The minimum Gasteiger partial charge on any atom is -0.358 e. The van der Waals surface area contributed by atoms with Crippen LogP contribution in [0.1, 0.15) is 16.8 Å². The molecule has 5 heteroatoms. The Kier molecular flexibility index (Phi) is 5.87. The minimum atomic E-state index is -0.234. The van der Waals surface area contributed by atoms with Crippen LogP contribution >= 0.6 is 0 Å². The van der Waals surface area contributed by atoms with E-state index in [1.54, 1.807) is 6.20 Å². The summed E-state index contributed by atoms with van der Waals surface area (Å²) in [6.45, 7) is 8.99. The van der Waals surface area contributed by atoms with E-state index >= 15 is 0 Å². The van der Waals surface area contributed by atoms with Gasteiger partial charge in [0.05, 0.1) is 23.6 Å². The SMILES string of the molecule is C=C/C(=C\CN1/N=C2/c3ccccc3N(c3ccccc3)C2NC(=C)c2ncccc21)c1ccccc1. The molecule has 0 aliphatic carbocycles. The van der Waals surface area contributed by atoms with Crippen LogP contribution in [0.2, 0.25) is 0 Å². The highest BCUT2D eigenvalue weighted by Gasteiger charge is 2.38. The molecule has 0 amide bonds. The topological polar surface area (TPSA) is 43.8 Å². The zero-order valence-corrected chi connectivity index (χ0v) is 20.5. The largest absolute Gasteiger partial charge is 0.358 e. The third-order valence-electron chi connectivity index (χ3n) is 6.69. The second kappa shape index (κ2) is 9.63. The number of allylic oxidation sites excluding steroid dienone is 2. The van der Waals surface area contributed by atoms with E-state index in [1.165, 1.54) is 0 Å². The van der Waals surface area contributed by atoms with Crippen molar-refractivity contribution in [2.24, 2.45) is 5.10 Å². The Morgan fingerprint density at radius 2 is 1.57 bits per heavy atom. The summed E-state index contributed by atoms with van der Waals surface area (Å²) >= 11 is 0. The van der Waals surface area contributed by atoms with Crippen molar-refractivity contribution < 1.29 is 0 Å². The van der Waals surface area contributed by atoms with Crippen molar-refractivity contribution in [2.45, 2.75) is 6.17 Å². The van der Waals surface area contributed by atoms with Crippen LogP contribution < -0.4 is 15.2 Å². The van der Waals surface area contributed by atoms with E-state index in [0.717, 1.165) is 50.9 Å². The van der Waals surface area contributed by atoms with Gasteiger partial charge in [0.25, 0.3) is 0 Å². The van der Waals surface area contributed by atoms with Gasteiger partial charge in [0.15, 0.2) is 0 Å². The van der Waals surface area contributed by atoms with E-state index in [2.05, 4.69) is 95.1 Å². The summed E-state index contributed by atoms with van der Waals surface area (Å²) in [4.78, 5) is 6.96. The number of hydrogen-bond acceptors (Lipinski definition) is 5. The van der Waals surface area contributed by atoms with E-state index < -0.39 is 0 Å². The molecule has 1 unspecified atom stereocenters. The summed E-state index contributed by atoms with van der Waals surface area (Å²) in [7, 11) is 0. The van der Waals surface area contributed by atoms with Crippen molar-refractivity contribution >= 4 is 34.0 Å². The second-order valence-corrected chi connectivity index (χ2v) is 8.92.